The van der Waals surface area contributed by atoms with Crippen LogP contribution in [0.5, 0.6) is 0 Å². The molecule has 0 aromatic carbocycles. The van der Waals surface area contributed by atoms with Crippen molar-refractivity contribution in [3.8, 4) is 12.3 Å². The molecule has 1 aliphatic heterocycles. The van der Waals surface area contributed by atoms with Crippen LogP contribution >= 0.6 is 17.1 Å². The van der Waals surface area contributed by atoms with Crippen LogP contribution in [0.25, 0.3) is 0 Å². The average Bonchev–Trinajstić information content (AvgIpc) is 2.33. The van der Waals surface area contributed by atoms with Gasteiger partial charge in [0.15, 0.2) is 0 Å². The van der Waals surface area contributed by atoms with Crippen molar-refractivity contribution in [1.29, 1.82) is 0 Å². The SMILES string of the molecule is C#CC1COP(=S)(SC)O1. The Morgan fingerprint density at radius 1 is 1.90 bits per heavy atom. The summed E-state index contributed by atoms with van der Waals surface area (Å²) in [6.07, 6.45) is 6.77. The first-order valence-electron chi connectivity index (χ1n) is 2.65. The van der Waals surface area contributed by atoms with Crippen LogP contribution in [0.3, 0.4) is 0 Å². The average molecular weight is 194 g/mol. The highest BCUT2D eigenvalue weighted by molar-refractivity contribution is 8.67. The Hall–Kier alpha value is 0.480. The molecule has 10 heavy (non-hydrogen) atoms. The van der Waals surface area contributed by atoms with Gasteiger partial charge in [-0.05, 0) is 18.1 Å². The molecule has 1 rings (SSSR count). The second-order valence-electron chi connectivity index (χ2n) is 1.69. The minimum atomic E-state index is -2.02. The lowest BCUT2D eigenvalue weighted by Crippen LogP contribution is -2.03. The Morgan fingerprint density at radius 2 is 2.60 bits per heavy atom. The van der Waals surface area contributed by atoms with E-state index in [1.165, 1.54) is 11.4 Å². The molecule has 1 aliphatic rings. The molecule has 2 nitrogen and oxygen atoms in total. The molecule has 2 atom stereocenters. The van der Waals surface area contributed by atoms with Crippen molar-refractivity contribution >= 4 is 28.9 Å². The number of hydrogen-bond donors (Lipinski definition) is 0. The van der Waals surface area contributed by atoms with Gasteiger partial charge in [-0.2, -0.15) is 0 Å². The van der Waals surface area contributed by atoms with Crippen LogP contribution in [0, 0.1) is 12.3 Å². The third kappa shape index (κ3) is 1.75. The molecule has 0 aliphatic carbocycles. The van der Waals surface area contributed by atoms with Gasteiger partial charge < -0.3 is 9.05 Å². The van der Waals surface area contributed by atoms with Crippen LogP contribution < -0.4 is 0 Å². The maximum atomic E-state index is 5.28. The summed E-state index contributed by atoms with van der Waals surface area (Å²) in [7, 11) is 0. The summed E-state index contributed by atoms with van der Waals surface area (Å²) in [6, 6.07) is 0. The second-order valence-corrected chi connectivity index (χ2v) is 8.09. The number of rotatable bonds is 1. The van der Waals surface area contributed by atoms with E-state index in [1.807, 2.05) is 6.26 Å². The lowest BCUT2D eigenvalue weighted by molar-refractivity contribution is 0.302. The first-order chi connectivity index (χ1) is 4.70. The first kappa shape index (κ1) is 8.58. The van der Waals surface area contributed by atoms with Gasteiger partial charge in [-0.25, -0.2) is 0 Å². The van der Waals surface area contributed by atoms with Crippen molar-refractivity contribution in [3.05, 3.63) is 0 Å². The van der Waals surface area contributed by atoms with Gasteiger partial charge in [0.25, 0.3) is 0 Å². The zero-order chi connectivity index (χ0) is 7.61. The smallest absolute Gasteiger partial charge is 0.248 e. The Bertz CT molecular complexity index is 210. The van der Waals surface area contributed by atoms with E-state index >= 15 is 0 Å². The zero-order valence-corrected chi connectivity index (χ0v) is 7.97. The molecular weight excluding hydrogens is 187 g/mol. The topological polar surface area (TPSA) is 18.5 Å². The predicted octanol–water partition coefficient (Wildman–Crippen LogP) is 1.62. The molecule has 0 saturated carbocycles. The molecule has 0 aromatic rings. The summed E-state index contributed by atoms with van der Waals surface area (Å²) in [4.78, 5) is 0. The van der Waals surface area contributed by atoms with Crippen LogP contribution in [0.4, 0.5) is 0 Å². The van der Waals surface area contributed by atoms with E-state index in [1.54, 1.807) is 0 Å². The molecule has 1 heterocycles. The maximum Gasteiger partial charge on any atom is 0.248 e. The molecule has 0 aromatic heterocycles. The second kappa shape index (κ2) is 3.25. The molecule has 0 amide bonds. The largest absolute Gasteiger partial charge is 0.318 e. The van der Waals surface area contributed by atoms with Gasteiger partial charge in [0, 0.05) is 0 Å². The molecule has 0 N–H and O–H groups in total. The fourth-order valence-corrected chi connectivity index (χ4v) is 3.12. The van der Waals surface area contributed by atoms with Crippen molar-refractivity contribution in [2.45, 2.75) is 6.10 Å². The van der Waals surface area contributed by atoms with Gasteiger partial charge in [-0.1, -0.05) is 17.3 Å². The summed E-state index contributed by atoms with van der Waals surface area (Å²) in [6.45, 7) is 0.453. The highest BCUT2D eigenvalue weighted by atomic mass is 32.9. The Labute approximate surface area is 69.6 Å². The quantitative estimate of drug-likeness (QED) is 0.466. The van der Waals surface area contributed by atoms with Gasteiger partial charge in [0.05, 0.1) is 6.61 Å². The summed E-state index contributed by atoms with van der Waals surface area (Å²) in [5, 5.41) is 0. The predicted molar refractivity (Wildman–Crippen MR) is 47.5 cm³/mol. The molecule has 0 spiro atoms. The molecule has 0 radical (unpaired) electrons. The van der Waals surface area contributed by atoms with Crippen molar-refractivity contribution in [3.63, 3.8) is 0 Å². The van der Waals surface area contributed by atoms with Gasteiger partial charge in [-0.15, -0.1) is 6.42 Å². The third-order valence-electron chi connectivity index (χ3n) is 1.05. The Kier molecular flexibility index (Phi) is 2.79. The van der Waals surface area contributed by atoms with Crippen LogP contribution in [0.2, 0.25) is 0 Å². The Balaban J connectivity index is 2.60. The minimum absolute atomic E-state index is 0.224. The normalized spacial score (nSPS) is 39.4. The van der Waals surface area contributed by atoms with Crippen molar-refractivity contribution in [1.82, 2.24) is 0 Å². The molecular formula is C5H7O2PS2. The molecule has 2 unspecified atom stereocenters. The van der Waals surface area contributed by atoms with Crippen molar-refractivity contribution in [2.75, 3.05) is 12.9 Å². The van der Waals surface area contributed by atoms with E-state index in [4.69, 9.17) is 27.3 Å². The molecule has 56 valence electrons. The number of hydrogen-bond acceptors (Lipinski definition) is 4. The number of terminal acetylenes is 1. The standard InChI is InChI=1S/C5H7O2PS2/c1-3-5-4-6-8(9,7-5)10-2/h1,5H,4H2,2H3. The lowest BCUT2D eigenvalue weighted by atomic mass is 10.4. The van der Waals surface area contributed by atoms with Crippen LogP contribution in [-0.2, 0) is 20.9 Å². The fraction of sp³-hybridized carbons (Fsp3) is 0.600. The van der Waals surface area contributed by atoms with Crippen LogP contribution in [0.1, 0.15) is 0 Å². The van der Waals surface area contributed by atoms with Crippen LogP contribution in [0.15, 0.2) is 0 Å². The summed E-state index contributed by atoms with van der Waals surface area (Å²) in [5.74, 6) is 2.45. The maximum absolute atomic E-state index is 5.28. The fourth-order valence-electron chi connectivity index (χ4n) is 0.550. The van der Waals surface area contributed by atoms with Crippen LogP contribution in [-0.4, -0.2) is 19.0 Å². The molecule has 1 saturated heterocycles. The van der Waals surface area contributed by atoms with Gasteiger partial charge in [0.2, 0.25) is 5.69 Å². The zero-order valence-electron chi connectivity index (χ0n) is 5.44. The highest BCUT2D eigenvalue weighted by Gasteiger charge is 2.30. The van der Waals surface area contributed by atoms with E-state index in [9.17, 15) is 0 Å². The van der Waals surface area contributed by atoms with E-state index in [2.05, 4.69) is 5.92 Å². The third-order valence-corrected chi connectivity index (χ3v) is 6.31. The summed E-state index contributed by atoms with van der Waals surface area (Å²) >= 11 is 6.49. The molecule has 0 bridgehead atoms. The molecule has 5 heteroatoms. The van der Waals surface area contributed by atoms with E-state index in [0.29, 0.717) is 6.61 Å². The van der Waals surface area contributed by atoms with Crippen molar-refractivity contribution in [2.24, 2.45) is 0 Å². The van der Waals surface area contributed by atoms with Gasteiger partial charge >= 0.3 is 0 Å². The van der Waals surface area contributed by atoms with Gasteiger partial charge in [-0.3, -0.25) is 0 Å². The van der Waals surface area contributed by atoms with Gasteiger partial charge in [0.1, 0.15) is 6.10 Å². The van der Waals surface area contributed by atoms with E-state index in [0.717, 1.165) is 0 Å². The summed E-state index contributed by atoms with van der Waals surface area (Å²) < 4.78 is 10.5. The molecule has 1 fully saturated rings. The first-order valence-corrected chi connectivity index (χ1v) is 7.12. The lowest BCUT2D eigenvalue weighted by Gasteiger charge is -2.08. The Morgan fingerprint density at radius 3 is 2.90 bits per heavy atom. The highest BCUT2D eigenvalue weighted by Crippen LogP contribution is 2.63. The van der Waals surface area contributed by atoms with E-state index in [-0.39, 0.29) is 6.10 Å². The van der Waals surface area contributed by atoms with E-state index < -0.39 is 5.69 Å². The van der Waals surface area contributed by atoms with Crippen molar-refractivity contribution < 1.29 is 9.05 Å². The monoisotopic (exact) mass is 194 g/mol. The minimum Gasteiger partial charge on any atom is -0.318 e. The summed E-state index contributed by atoms with van der Waals surface area (Å²) in [5.41, 5.74) is -2.02.